The molecule has 20 heavy (non-hydrogen) atoms. The standard InChI is InChI=1S/C15H19ClN2O2/c1-6-18-12(15(16)9(3)17-18)7-13(19)14-8(2)10(4)20-11(14)5/h6-7H2,1-5H3. The van der Waals surface area contributed by atoms with Gasteiger partial charge in [0.2, 0.25) is 0 Å². The highest BCUT2D eigenvalue weighted by Crippen LogP contribution is 2.26. The van der Waals surface area contributed by atoms with Gasteiger partial charge in [-0.05, 0) is 34.6 Å². The second kappa shape index (κ2) is 5.44. The fraction of sp³-hybridized carbons (Fsp3) is 0.467. The molecule has 5 heteroatoms. The summed E-state index contributed by atoms with van der Waals surface area (Å²) in [6.07, 6.45) is 0.244. The van der Waals surface area contributed by atoms with Crippen molar-refractivity contribution in [3.63, 3.8) is 0 Å². The average Bonchev–Trinajstić information content (AvgIpc) is 2.80. The minimum atomic E-state index is 0.0216. The average molecular weight is 295 g/mol. The van der Waals surface area contributed by atoms with Crippen molar-refractivity contribution in [2.45, 2.75) is 47.6 Å². The van der Waals surface area contributed by atoms with Gasteiger partial charge in [0.05, 0.1) is 28.4 Å². The number of aromatic nitrogens is 2. The molecule has 0 atom stereocenters. The van der Waals surface area contributed by atoms with Crippen LogP contribution in [0, 0.1) is 27.7 Å². The number of aryl methyl sites for hydroxylation is 4. The van der Waals surface area contributed by atoms with Crippen LogP contribution in [-0.4, -0.2) is 15.6 Å². The van der Waals surface area contributed by atoms with Crippen molar-refractivity contribution in [1.29, 1.82) is 0 Å². The minimum absolute atomic E-state index is 0.0216. The van der Waals surface area contributed by atoms with Crippen LogP contribution in [-0.2, 0) is 13.0 Å². The lowest BCUT2D eigenvalue weighted by atomic mass is 10.0. The van der Waals surface area contributed by atoms with Crippen molar-refractivity contribution < 1.29 is 9.21 Å². The lowest BCUT2D eigenvalue weighted by Crippen LogP contribution is -2.11. The van der Waals surface area contributed by atoms with Crippen molar-refractivity contribution in [2.24, 2.45) is 0 Å². The molecule has 0 saturated carbocycles. The molecule has 0 spiro atoms. The minimum Gasteiger partial charge on any atom is -0.466 e. The molecule has 2 rings (SSSR count). The lowest BCUT2D eigenvalue weighted by molar-refractivity contribution is 0.0988. The first kappa shape index (κ1) is 14.9. The number of ketones is 1. The molecule has 0 aliphatic carbocycles. The summed E-state index contributed by atoms with van der Waals surface area (Å²) in [4.78, 5) is 12.5. The van der Waals surface area contributed by atoms with E-state index in [1.807, 2.05) is 34.6 Å². The number of rotatable bonds is 4. The molecule has 0 aliphatic rings. The van der Waals surface area contributed by atoms with Gasteiger partial charge in [-0.2, -0.15) is 5.10 Å². The van der Waals surface area contributed by atoms with E-state index in [1.54, 1.807) is 4.68 Å². The number of carbonyl (C=O) groups excluding carboxylic acids is 1. The Balaban J connectivity index is 2.37. The first-order valence-electron chi connectivity index (χ1n) is 6.68. The Hall–Kier alpha value is -1.55. The van der Waals surface area contributed by atoms with Crippen LogP contribution in [0.2, 0.25) is 5.02 Å². The molecule has 0 aromatic carbocycles. The monoisotopic (exact) mass is 294 g/mol. The van der Waals surface area contributed by atoms with E-state index < -0.39 is 0 Å². The van der Waals surface area contributed by atoms with Gasteiger partial charge in [0.25, 0.3) is 0 Å². The summed E-state index contributed by atoms with van der Waals surface area (Å²) in [7, 11) is 0. The van der Waals surface area contributed by atoms with Gasteiger partial charge in [-0.1, -0.05) is 11.6 Å². The van der Waals surface area contributed by atoms with Gasteiger partial charge in [0.1, 0.15) is 11.5 Å². The van der Waals surface area contributed by atoms with Crippen LogP contribution < -0.4 is 0 Å². The predicted octanol–water partition coefficient (Wildman–Crippen LogP) is 3.81. The summed E-state index contributed by atoms with van der Waals surface area (Å²) in [5.74, 6) is 1.48. The molecule has 2 heterocycles. The molecule has 2 aromatic heterocycles. The Morgan fingerprint density at radius 1 is 1.25 bits per heavy atom. The third-order valence-corrected chi connectivity index (χ3v) is 4.11. The highest BCUT2D eigenvalue weighted by Gasteiger charge is 2.22. The van der Waals surface area contributed by atoms with E-state index in [1.165, 1.54) is 0 Å². The molecule has 0 unspecified atom stereocenters. The zero-order valence-corrected chi connectivity index (χ0v) is 13.3. The van der Waals surface area contributed by atoms with Crippen LogP contribution in [0.15, 0.2) is 4.42 Å². The zero-order chi connectivity index (χ0) is 15.0. The number of nitrogens with zero attached hydrogens (tertiary/aromatic N) is 2. The number of carbonyl (C=O) groups is 1. The second-order valence-electron chi connectivity index (χ2n) is 4.98. The molecule has 0 fully saturated rings. The third kappa shape index (κ3) is 2.40. The quantitative estimate of drug-likeness (QED) is 0.806. The summed E-state index contributed by atoms with van der Waals surface area (Å²) in [6.45, 7) is 10.1. The highest BCUT2D eigenvalue weighted by molar-refractivity contribution is 6.32. The molecule has 0 amide bonds. The molecule has 0 bridgehead atoms. The summed E-state index contributed by atoms with van der Waals surface area (Å²) in [6, 6.07) is 0. The first-order valence-corrected chi connectivity index (χ1v) is 7.06. The van der Waals surface area contributed by atoms with Gasteiger partial charge in [0, 0.05) is 12.1 Å². The molecule has 0 saturated heterocycles. The molecule has 108 valence electrons. The summed E-state index contributed by atoms with van der Waals surface area (Å²) < 4.78 is 7.30. The van der Waals surface area contributed by atoms with Crippen LogP contribution in [0.25, 0.3) is 0 Å². The number of furan rings is 1. The van der Waals surface area contributed by atoms with Crippen molar-refractivity contribution >= 4 is 17.4 Å². The van der Waals surface area contributed by atoms with Crippen molar-refractivity contribution in [2.75, 3.05) is 0 Å². The first-order chi connectivity index (χ1) is 9.36. The van der Waals surface area contributed by atoms with E-state index in [0.29, 0.717) is 22.9 Å². The van der Waals surface area contributed by atoms with E-state index in [4.69, 9.17) is 16.0 Å². The third-order valence-electron chi connectivity index (χ3n) is 3.62. The summed E-state index contributed by atoms with van der Waals surface area (Å²) in [5.41, 5.74) is 3.10. The normalized spacial score (nSPS) is 11.1. The molecule has 4 nitrogen and oxygen atoms in total. The number of hydrogen-bond donors (Lipinski definition) is 0. The molecule has 2 aromatic rings. The van der Waals surface area contributed by atoms with E-state index in [9.17, 15) is 4.79 Å². The van der Waals surface area contributed by atoms with Gasteiger partial charge >= 0.3 is 0 Å². The molecular weight excluding hydrogens is 276 g/mol. The Labute approximate surface area is 123 Å². The van der Waals surface area contributed by atoms with Crippen LogP contribution in [0.5, 0.6) is 0 Å². The molecule has 0 radical (unpaired) electrons. The van der Waals surface area contributed by atoms with Crippen molar-refractivity contribution in [3.05, 3.63) is 39.1 Å². The van der Waals surface area contributed by atoms with Crippen LogP contribution >= 0.6 is 11.6 Å². The predicted molar refractivity (Wildman–Crippen MR) is 78.6 cm³/mol. The van der Waals surface area contributed by atoms with Crippen molar-refractivity contribution in [3.8, 4) is 0 Å². The smallest absolute Gasteiger partial charge is 0.172 e. The Morgan fingerprint density at radius 3 is 2.40 bits per heavy atom. The number of halogens is 1. The SMILES string of the molecule is CCn1nc(C)c(Cl)c1CC(=O)c1c(C)oc(C)c1C. The van der Waals surface area contributed by atoms with Crippen LogP contribution in [0.3, 0.4) is 0 Å². The Bertz CT molecular complexity index is 668. The van der Waals surface area contributed by atoms with E-state index in [0.717, 1.165) is 22.7 Å². The molecule has 0 aliphatic heterocycles. The van der Waals surface area contributed by atoms with E-state index >= 15 is 0 Å². The van der Waals surface area contributed by atoms with E-state index in [2.05, 4.69) is 5.10 Å². The number of Topliss-reactive ketones (excluding diaryl/α,β-unsaturated/α-hetero) is 1. The fourth-order valence-corrected chi connectivity index (χ4v) is 2.68. The van der Waals surface area contributed by atoms with Crippen molar-refractivity contribution in [1.82, 2.24) is 9.78 Å². The fourth-order valence-electron chi connectivity index (χ4n) is 2.48. The van der Waals surface area contributed by atoms with Gasteiger partial charge in [0.15, 0.2) is 5.78 Å². The van der Waals surface area contributed by atoms with Gasteiger partial charge in [-0.25, -0.2) is 0 Å². The maximum absolute atomic E-state index is 12.5. The Kier molecular flexibility index (Phi) is 4.04. The molecule has 0 N–H and O–H groups in total. The Morgan fingerprint density at radius 2 is 1.90 bits per heavy atom. The van der Waals surface area contributed by atoms with Gasteiger partial charge in [-0.3, -0.25) is 9.48 Å². The van der Waals surface area contributed by atoms with E-state index in [-0.39, 0.29) is 12.2 Å². The molecular formula is C15H19ClN2O2. The van der Waals surface area contributed by atoms with Gasteiger partial charge in [-0.15, -0.1) is 0 Å². The summed E-state index contributed by atoms with van der Waals surface area (Å²) in [5, 5.41) is 4.91. The van der Waals surface area contributed by atoms with Crippen LogP contribution in [0.1, 0.15) is 45.8 Å². The zero-order valence-electron chi connectivity index (χ0n) is 12.5. The van der Waals surface area contributed by atoms with Crippen LogP contribution in [0.4, 0.5) is 0 Å². The largest absolute Gasteiger partial charge is 0.466 e. The topological polar surface area (TPSA) is 48.0 Å². The lowest BCUT2D eigenvalue weighted by Gasteiger charge is -2.05. The number of hydrogen-bond acceptors (Lipinski definition) is 3. The summed E-state index contributed by atoms with van der Waals surface area (Å²) >= 11 is 6.25. The van der Waals surface area contributed by atoms with Gasteiger partial charge < -0.3 is 4.42 Å². The maximum Gasteiger partial charge on any atom is 0.172 e. The second-order valence-corrected chi connectivity index (χ2v) is 5.35. The highest BCUT2D eigenvalue weighted by atomic mass is 35.5. The maximum atomic E-state index is 12.5.